The average Bonchev–Trinajstić information content (AvgIpc) is 3.30. The zero-order chi connectivity index (χ0) is 21.4. The van der Waals surface area contributed by atoms with Crippen molar-refractivity contribution < 1.29 is 23.9 Å². The number of nitrogens with one attached hydrogen (secondary N) is 1. The third-order valence-electron chi connectivity index (χ3n) is 4.64. The van der Waals surface area contributed by atoms with Crippen molar-refractivity contribution in [3.63, 3.8) is 0 Å². The number of benzene rings is 2. The number of hydrogen-bond donors (Lipinski definition) is 2. The summed E-state index contributed by atoms with van der Waals surface area (Å²) in [6, 6.07) is 14.6. The third kappa shape index (κ3) is 3.46. The fourth-order valence-corrected chi connectivity index (χ4v) is 3.24. The highest BCUT2D eigenvalue weighted by molar-refractivity contribution is 6.33. The van der Waals surface area contributed by atoms with Gasteiger partial charge in [0.05, 0.1) is 11.3 Å². The first-order chi connectivity index (χ1) is 14.3. The number of hydrazine groups is 1. The standard InChI is InChI=1S/C22H15ClN2O5/c1-12-6-7-13(10-18(12)23)25-21(27)17(20(26)24-25)11-14-8-9-19(30-14)15-4-2-3-5-16(15)22(28)29/h2-11H,1H3,(H,24,26)(H,28,29). The lowest BCUT2D eigenvalue weighted by Gasteiger charge is -2.15. The zero-order valence-corrected chi connectivity index (χ0v) is 16.4. The van der Waals surface area contributed by atoms with E-state index in [1.807, 2.05) is 6.92 Å². The van der Waals surface area contributed by atoms with E-state index >= 15 is 0 Å². The number of halogens is 1. The first kappa shape index (κ1) is 19.5. The van der Waals surface area contributed by atoms with E-state index in [9.17, 15) is 19.5 Å². The van der Waals surface area contributed by atoms with Crippen molar-refractivity contribution in [2.75, 3.05) is 5.01 Å². The maximum atomic E-state index is 12.7. The Morgan fingerprint density at radius 2 is 1.90 bits per heavy atom. The number of carbonyl (C=O) groups is 3. The van der Waals surface area contributed by atoms with Crippen molar-refractivity contribution in [3.05, 3.63) is 82.1 Å². The molecule has 7 nitrogen and oxygen atoms in total. The first-order valence-electron chi connectivity index (χ1n) is 8.91. The molecule has 1 aliphatic rings. The quantitative estimate of drug-likeness (QED) is 0.487. The van der Waals surface area contributed by atoms with Gasteiger partial charge in [0.15, 0.2) is 0 Å². The molecule has 3 aromatic rings. The molecular weight excluding hydrogens is 408 g/mol. The van der Waals surface area contributed by atoms with Crippen molar-refractivity contribution in [3.8, 4) is 11.3 Å². The second kappa shape index (κ2) is 7.53. The number of aryl methyl sites for hydroxylation is 1. The molecule has 4 rings (SSSR count). The number of furan rings is 1. The summed E-state index contributed by atoms with van der Waals surface area (Å²) < 4.78 is 5.68. The summed E-state index contributed by atoms with van der Waals surface area (Å²) in [4.78, 5) is 36.5. The number of anilines is 1. The van der Waals surface area contributed by atoms with Crippen LogP contribution in [0, 0.1) is 6.92 Å². The fraction of sp³-hybridized carbons (Fsp3) is 0.0455. The fourth-order valence-electron chi connectivity index (χ4n) is 3.06. The second-order valence-corrected chi connectivity index (χ2v) is 7.03. The summed E-state index contributed by atoms with van der Waals surface area (Å²) in [5.74, 6) is -1.66. The van der Waals surface area contributed by atoms with Gasteiger partial charge in [0, 0.05) is 10.6 Å². The van der Waals surface area contributed by atoms with Crippen LogP contribution in [0.3, 0.4) is 0 Å². The van der Waals surface area contributed by atoms with Gasteiger partial charge in [-0.2, -0.15) is 0 Å². The molecule has 0 radical (unpaired) electrons. The van der Waals surface area contributed by atoms with Crippen LogP contribution in [0.2, 0.25) is 5.02 Å². The minimum atomic E-state index is -1.08. The van der Waals surface area contributed by atoms with Gasteiger partial charge in [-0.25, -0.2) is 9.80 Å². The van der Waals surface area contributed by atoms with Crippen molar-refractivity contribution in [1.29, 1.82) is 0 Å². The number of aromatic carboxylic acids is 1. The van der Waals surface area contributed by atoms with Crippen LogP contribution in [0.4, 0.5) is 5.69 Å². The van der Waals surface area contributed by atoms with Crippen molar-refractivity contribution in [1.82, 2.24) is 5.43 Å². The van der Waals surface area contributed by atoms with Crippen LogP contribution >= 0.6 is 11.6 Å². The average molecular weight is 423 g/mol. The largest absolute Gasteiger partial charge is 0.478 e. The Kier molecular flexibility index (Phi) is 4.89. The molecule has 0 unspecified atom stereocenters. The van der Waals surface area contributed by atoms with Gasteiger partial charge in [0.25, 0.3) is 11.8 Å². The van der Waals surface area contributed by atoms with Crippen LogP contribution < -0.4 is 10.4 Å². The smallest absolute Gasteiger partial charge is 0.336 e. The van der Waals surface area contributed by atoms with Crippen LogP contribution in [-0.2, 0) is 9.59 Å². The van der Waals surface area contributed by atoms with E-state index in [0.29, 0.717) is 22.0 Å². The molecule has 2 N–H and O–H groups in total. The lowest BCUT2D eigenvalue weighted by molar-refractivity contribution is -0.117. The monoisotopic (exact) mass is 422 g/mol. The minimum absolute atomic E-state index is 0.0863. The van der Waals surface area contributed by atoms with Gasteiger partial charge in [-0.15, -0.1) is 0 Å². The molecule has 1 aromatic heterocycles. The first-order valence-corrected chi connectivity index (χ1v) is 9.29. The van der Waals surface area contributed by atoms with Crippen molar-refractivity contribution in [2.45, 2.75) is 6.92 Å². The van der Waals surface area contributed by atoms with Gasteiger partial charge in [0.1, 0.15) is 17.1 Å². The Morgan fingerprint density at radius 3 is 2.63 bits per heavy atom. The minimum Gasteiger partial charge on any atom is -0.478 e. The molecule has 2 aromatic carbocycles. The van der Waals surface area contributed by atoms with Gasteiger partial charge in [-0.1, -0.05) is 35.9 Å². The maximum Gasteiger partial charge on any atom is 0.336 e. The Labute approximate surface area is 176 Å². The zero-order valence-electron chi connectivity index (χ0n) is 15.7. The van der Waals surface area contributed by atoms with Crippen LogP contribution in [-0.4, -0.2) is 22.9 Å². The van der Waals surface area contributed by atoms with Gasteiger partial charge in [0.2, 0.25) is 0 Å². The van der Waals surface area contributed by atoms with Crippen LogP contribution in [0.1, 0.15) is 21.7 Å². The lowest BCUT2D eigenvalue weighted by Crippen LogP contribution is -2.35. The van der Waals surface area contributed by atoms with Crippen molar-refractivity contribution >= 4 is 41.1 Å². The normalized spacial score (nSPS) is 15.0. The molecule has 2 heterocycles. The number of hydrogen-bond acceptors (Lipinski definition) is 4. The molecule has 8 heteroatoms. The number of nitrogens with zero attached hydrogens (tertiary/aromatic N) is 1. The molecular formula is C22H15ClN2O5. The van der Waals surface area contributed by atoms with Gasteiger partial charge in [-0.05, 0) is 48.9 Å². The highest BCUT2D eigenvalue weighted by atomic mass is 35.5. The molecule has 0 atom stereocenters. The lowest BCUT2D eigenvalue weighted by atomic mass is 10.1. The van der Waals surface area contributed by atoms with Gasteiger partial charge >= 0.3 is 5.97 Å². The topological polar surface area (TPSA) is 99.8 Å². The third-order valence-corrected chi connectivity index (χ3v) is 5.05. The van der Waals surface area contributed by atoms with Crippen LogP contribution in [0.5, 0.6) is 0 Å². The Hall–Kier alpha value is -3.84. The summed E-state index contributed by atoms with van der Waals surface area (Å²) in [5.41, 5.74) is 4.15. The number of amides is 2. The van der Waals surface area contributed by atoms with E-state index < -0.39 is 17.8 Å². The molecule has 0 aliphatic carbocycles. The summed E-state index contributed by atoms with van der Waals surface area (Å²) in [6.45, 7) is 1.83. The molecule has 30 heavy (non-hydrogen) atoms. The van der Waals surface area contributed by atoms with Crippen LogP contribution in [0.15, 0.2) is 64.6 Å². The second-order valence-electron chi connectivity index (χ2n) is 6.63. The Bertz CT molecular complexity index is 1230. The summed E-state index contributed by atoms with van der Waals surface area (Å²) in [7, 11) is 0. The highest BCUT2D eigenvalue weighted by Gasteiger charge is 2.35. The molecule has 0 saturated carbocycles. The van der Waals surface area contributed by atoms with Crippen LogP contribution in [0.25, 0.3) is 17.4 Å². The number of carboxylic acids is 1. The van der Waals surface area contributed by atoms with Gasteiger partial charge in [-0.3, -0.25) is 15.0 Å². The molecule has 2 amide bonds. The highest BCUT2D eigenvalue weighted by Crippen LogP contribution is 2.29. The maximum absolute atomic E-state index is 12.7. The van der Waals surface area contributed by atoms with Gasteiger partial charge < -0.3 is 9.52 Å². The summed E-state index contributed by atoms with van der Waals surface area (Å²) in [6.07, 6.45) is 1.32. The SMILES string of the molecule is Cc1ccc(N2NC(=O)C(=Cc3ccc(-c4ccccc4C(=O)O)o3)C2=O)cc1Cl. The van der Waals surface area contributed by atoms with E-state index in [-0.39, 0.29) is 16.9 Å². The molecule has 1 saturated heterocycles. The molecule has 1 fully saturated rings. The number of rotatable bonds is 4. The predicted molar refractivity (Wildman–Crippen MR) is 111 cm³/mol. The molecule has 0 bridgehead atoms. The molecule has 0 spiro atoms. The summed E-state index contributed by atoms with van der Waals surface area (Å²) >= 11 is 6.12. The number of carbonyl (C=O) groups excluding carboxylic acids is 2. The Balaban J connectivity index is 1.65. The van der Waals surface area contributed by atoms with E-state index in [1.165, 1.54) is 12.1 Å². The molecule has 1 aliphatic heterocycles. The summed E-state index contributed by atoms with van der Waals surface area (Å²) in [5, 5.41) is 10.9. The van der Waals surface area contributed by atoms with E-state index in [4.69, 9.17) is 16.0 Å². The van der Waals surface area contributed by atoms with Crippen molar-refractivity contribution in [2.24, 2.45) is 0 Å². The van der Waals surface area contributed by atoms with E-state index in [2.05, 4.69) is 5.43 Å². The van der Waals surface area contributed by atoms with E-state index in [0.717, 1.165) is 10.6 Å². The van der Waals surface area contributed by atoms with E-state index in [1.54, 1.807) is 48.5 Å². The molecule has 150 valence electrons. The predicted octanol–water partition coefficient (Wildman–Crippen LogP) is 4.07. The number of carboxylic acid groups (broad SMARTS) is 1. The Morgan fingerprint density at radius 1 is 1.13 bits per heavy atom.